The van der Waals surface area contributed by atoms with Crippen LogP contribution < -0.4 is 11.1 Å². The molecule has 1 rings (SSSR count). The molecule has 0 bridgehead atoms. The number of hydrogen-bond acceptors (Lipinski definition) is 2. The summed E-state index contributed by atoms with van der Waals surface area (Å²) in [6.07, 6.45) is 0. The first kappa shape index (κ1) is 9.44. The molecule has 0 fully saturated rings. The van der Waals surface area contributed by atoms with Crippen LogP contribution in [0.3, 0.4) is 0 Å². The molecule has 0 radical (unpaired) electrons. The molecule has 0 spiro atoms. The molecule has 1 amide bonds. The summed E-state index contributed by atoms with van der Waals surface area (Å²) >= 11 is 0. The third kappa shape index (κ3) is 2.14. The van der Waals surface area contributed by atoms with Crippen molar-refractivity contribution in [3.8, 4) is 0 Å². The van der Waals surface area contributed by atoms with Crippen LogP contribution in [0.1, 0.15) is 6.92 Å². The number of rotatable bonds is 1. The maximum Gasteiger partial charge on any atom is 0.221 e. The Kier molecular flexibility index (Phi) is 2.46. The average molecular weight is 186 g/mol. The van der Waals surface area contributed by atoms with Gasteiger partial charge in [0.25, 0.3) is 0 Å². The van der Waals surface area contributed by atoms with Crippen molar-refractivity contribution in [3.05, 3.63) is 23.8 Å². The summed E-state index contributed by atoms with van der Waals surface area (Å²) in [7, 11) is 0. The van der Waals surface area contributed by atoms with E-state index in [0.29, 0.717) is 0 Å². The fourth-order valence-electron chi connectivity index (χ4n) is 0.848. The van der Waals surface area contributed by atoms with Gasteiger partial charge in [-0.1, -0.05) is 0 Å². The highest BCUT2D eigenvalue weighted by Gasteiger charge is 2.08. The molecule has 0 unspecified atom stereocenters. The van der Waals surface area contributed by atoms with E-state index in [2.05, 4.69) is 5.32 Å². The molecule has 3 nitrogen and oxygen atoms in total. The SMILES string of the molecule is CC(=O)Nc1cc(F)c(N)cc1F. The van der Waals surface area contributed by atoms with Gasteiger partial charge in [0.05, 0.1) is 11.4 Å². The van der Waals surface area contributed by atoms with E-state index in [1.54, 1.807) is 0 Å². The molecule has 3 N–H and O–H groups in total. The van der Waals surface area contributed by atoms with E-state index in [9.17, 15) is 13.6 Å². The van der Waals surface area contributed by atoms with Gasteiger partial charge in [0, 0.05) is 19.1 Å². The quantitative estimate of drug-likeness (QED) is 0.653. The summed E-state index contributed by atoms with van der Waals surface area (Å²) < 4.78 is 25.7. The Bertz CT molecular complexity index is 352. The van der Waals surface area contributed by atoms with Crippen LogP contribution in [-0.4, -0.2) is 5.91 Å². The lowest BCUT2D eigenvalue weighted by Crippen LogP contribution is -2.08. The van der Waals surface area contributed by atoms with E-state index < -0.39 is 17.5 Å². The van der Waals surface area contributed by atoms with Gasteiger partial charge < -0.3 is 11.1 Å². The number of benzene rings is 1. The van der Waals surface area contributed by atoms with Crippen molar-refractivity contribution in [1.82, 2.24) is 0 Å². The molecule has 0 heterocycles. The third-order valence-corrected chi connectivity index (χ3v) is 1.40. The second-order valence-corrected chi connectivity index (χ2v) is 2.53. The number of anilines is 2. The first-order chi connectivity index (χ1) is 6.00. The standard InChI is InChI=1S/C8H8F2N2O/c1-4(13)12-8-3-5(9)7(11)2-6(8)10/h2-3H,11H2,1H3,(H,12,13). The second kappa shape index (κ2) is 3.38. The third-order valence-electron chi connectivity index (χ3n) is 1.40. The van der Waals surface area contributed by atoms with E-state index in [4.69, 9.17) is 5.73 Å². The van der Waals surface area contributed by atoms with Crippen LogP contribution in [-0.2, 0) is 4.79 Å². The summed E-state index contributed by atoms with van der Waals surface area (Å²) in [5.41, 5.74) is 4.60. The van der Waals surface area contributed by atoms with E-state index in [-0.39, 0.29) is 11.4 Å². The van der Waals surface area contributed by atoms with Gasteiger partial charge in [0.1, 0.15) is 11.6 Å². The predicted molar refractivity (Wildman–Crippen MR) is 45.1 cm³/mol. The van der Waals surface area contributed by atoms with Crippen LogP contribution in [0.4, 0.5) is 20.2 Å². The number of hydrogen-bond donors (Lipinski definition) is 2. The molecule has 0 aliphatic carbocycles. The van der Waals surface area contributed by atoms with Crippen molar-refractivity contribution < 1.29 is 13.6 Å². The van der Waals surface area contributed by atoms with Crippen molar-refractivity contribution in [2.75, 3.05) is 11.1 Å². The summed E-state index contributed by atoms with van der Waals surface area (Å²) in [4.78, 5) is 10.5. The van der Waals surface area contributed by atoms with E-state index in [1.807, 2.05) is 0 Å². The molecule has 0 saturated carbocycles. The fraction of sp³-hybridized carbons (Fsp3) is 0.125. The summed E-state index contributed by atoms with van der Waals surface area (Å²) in [5, 5.41) is 2.13. The highest BCUT2D eigenvalue weighted by Crippen LogP contribution is 2.20. The number of halogens is 2. The summed E-state index contributed by atoms with van der Waals surface area (Å²) in [6.45, 7) is 1.20. The van der Waals surface area contributed by atoms with Crippen LogP contribution in [0, 0.1) is 11.6 Å². The molecular weight excluding hydrogens is 178 g/mol. The van der Waals surface area contributed by atoms with Gasteiger partial charge >= 0.3 is 0 Å². The lowest BCUT2D eigenvalue weighted by molar-refractivity contribution is -0.114. The van der Waals surface area contributed by atoms with Gasteiger partial charge in [-0.25, -0.2) is 8.78 Å². The van der Waals surface area contributed by atoms with Crippen molar-refractivity contribution in [2.24, 2.45) is 0 Å². The fourth-order valence-corrected chi connectivity index (χ4v) is 0.848. The molecule has 0 aliphatic heterocycles. The Morgan fingerprint density at radius 2 is 2.00 bits per heavy atom. The van der Waals surface area contributed by atoms with Crippen LogP contribution in [0.5, 0.6) is 0 Å². The molecule has 5 heteroatoms. The first-order valence-electron chi connectivity index (χ1n) is 3.53. The van der Waals surface area contributed by atoms with Crippen molar-refractivity contribution in [2.45, 2.75) is 6.92 Å². The molecule has 0 atom stereocenters. The van der Waals surface area contributed by atoms with Crippen molar-refractivity contribution >= 4 is 17.3 Å². The predicted octanol–water partition coefficient (Wildman–Crippen LogP) is 1.51. The van der Waals surface area contributed by atoms with Crippen molar-refractivity contribution in [1.29, 1.82) is 0 Å². The Hall–Kier alpha value is -1.65. The zero-order chi connectivity index (χ0) is 10.0. The topological polar surface area (TPSA) is 55.1 Å². The van der Waals surface area contributed by atoms with Gasteiger partial charge in [-0.15, -0.1) is 0 Å². The molecule has 0 aromatic heterocycles. The number of nitrogens with two attached hydrogens (primary N) is 1. The minimum Gasteiger partial charge on any atom is -0.396 e. The second-order valence-electron chi connectivity index (χ2n) is 2.53. The van der Waals surface area contributed by atoms with Gasteiger partial charge in [-0.2, -0.15) is 0 Å². The molecule has 0 saturated heterocycles. The minimum absolute atomic E-state index is 0.209. The van der Waals surface area contributed by atoms with Gasteiger partial charge in [0.15, 0.2) is 0 Å². The molecule has 0 aliphatic rings. The number of carbonyl (C=O) groups excluding carboxylic acids is 1. The Balaban J connectivity index is 3.08. The lowest BCUT2D eigenvalue weighted by atomic mass is 10.2. The molecular formula is C8H8F2N2O. The highest BCUT2D eigenvalue weighted by atomic mass is 19.1. The smallest absolute Gasteiger partial charge is 0.221 e. The molecule has 70 valence electrons. The largest absolute Gasteiger partial charge is 0.396 e. The minimum atomic E-state index is -0.759. The van der Waals surface area contributed by atoms with Crippen molar-refractivity contribution in [3.63, 3.8) is 0 Å². The summed E-state index contributed by atoms with van der Waals surface area (Å²) in [5.74, 6) is -1.98. The molecule has 1 aromatic rings. The zero-order valence-corrected chi connectivity index (χ0v) is 6.90. The van der Waals surface area contributed by atoms with E-state index in [1.165, 1.54) is 6.92 Å². The van der Waals surface area contributed by atoms with Crippen LogP contribution in [0.25, 0.3) is 0 Å². The Morgan fingerprint density at radius 1 is 1.38 bits per heavy atom. The maximum atomic E-state index is 12.9. The normalized spacial score (nSPS) is 9.77. The van der Waals surface area contributed by atoms with Gasteiger partial charge in [0.2, 0.25) is 5.91 Å². The number of amides is 1. The van der Waals surface area contributed by atoms with Gasteiger partial charge in [-0.05, 0) is 0 Å². The Morgan fingerprint density at radius 3 is 2.54 bits per heavy atom. The maximum absolute atomic E-state index is 12.9. The average Bonchev–Trinajstić information content (AvgIpc) is 1.99. The number of nitrogens with one attached hydrogen (secondary N) is 1. The summed E-state index contributed by atoms with van der Waals surface area (Å²) in [6, 6.07) is 1.66. The van der Waals surface area contributed by atoms with E-state index in [0.717, 1.165) is 12.1 Å². The highest BCUT2D eigenvalue weighted by molar-refractivity contribution is 5.89. The monoisotopic (exact) mass is 186 g/mol. The van der Waals surface area contributed by atoms with Gasteiger partial charge in [-0.3, -0.25) is 4.79 Å². The Labute approximate surface area is 73.5 Å². The van der Waals surface area contributed by atoms with Crippen LogP contribution in [0.2, 0.25) is 0 Å². The van der Waals surface area contributed by atoms with Crippen LogP contribution >= 0.6 is 0 Å². The molecule has 13 heavy (non-hydrogen) atoms. The number of carbonyl (C=O) groups is 1. The lowest BCUT2D eigenvalue weighted by Gasteiger charge is -2.04. The zero-order valence-electron chi connectivity index (χ0n) is 6.90. The number of nitrogen functional groups attached to an aromatic ring is 1. The van der Waals surface area contributed by atoms with E-state index >= 15 is 0 Å². The molecule has 1 aromatic carbocycles. The first-order valence-corrected chi connectivity index (χ1v) is 3.53. The van der Waals surface area contributed by atoms with Crippen LogP contribution in [0.15, 0.2) is 12.1 Å².